The molecule has 1 aromatic carbocycles. The molecule has 104 valence electrons. The van der Waals surface area contributed by atoms with Crippen LogP contribution in [0.15, 0.2) is 47.4 Å². The lowest BCUT2D eigenvalue weighted by atomic mass is 9.95. The fourth-order valence-corrected chi connectivity index (χ4v) is 2.96. The van der Waals surface area contributed by atoms with E-state index in [-0.39, 0.29) is 30.0 Å². The molecule has 2 aliphatic rings. The van der Waals surface area contributed by atoms with E-state index in [0.29, 0.717) is 11.5 Å². The SMILES string of the molecule is CSC1(O)C=C(O)C2=C(C1)Oc1ccccc1CC2=O. The molecule has 0 fully saturated rings. The molecule has 0 saturated heterocycles. The summed E-state index contributed by atoms with van der Waals surface area (Å²) in [5, 5.41) is 20.4. The zero-order valence-corrected chi connectivity index (χ0v) is 11.7. The van der Waals surface area contributed by atoms with Crippen molar-refractivity contribution in [3.8, 4) is 5.75 Å². The average molecular weight is 290 g/mol. The molecule has 1 aliphatic carbocycles. The van der Waals surface area contributed by atoms with E-state index in [1.165, 1.54) is 17.8 Å². The van der Waals surface area contributed by atoms with Crippen molar-refractivity contribution in [2.24, 2.45) is 0 Å². The molecule has 0 amide bonds. The number of rotatable bonds is 1. The van der Waals surface area contributed by atoms with E-state index < -0.39 is 4.93 Å². The minimum Gasteiger partial charge on any atom is -0.507 e. The lowest BCUT2D eigenvalue weighted by Gasteiger charge is -2.28. The molecule has 1 atom stereocenters. The highest BCUT2D eigenvalue weighted by Crippen LogP contribution is 2.40. The van der Waals surface area contributed by atoms with Gasteiger partial charge in [-0.2, -0.15) is 0 Å². The van der Waals surface area contributed by atoms with Crippen LogP contribution in [0.3, 0.4) is 0 Å². The number of allylic oxidation sites excluding steroid dienone is 1. The lowest BCUT2D eigenvalue weighted by Crippen LogP contribution is -2.29. The van der Waals surface area contributed by atoms with Gasteiger partial charge in [-0.1, -0.05) is 18.2 Å². The van der Waals surface area contributed by atoms with Gasteiger partial charge in [0.05, 0.1) is 5.57 Å². The fourth-order valence-electron chi connectivity index (χ4n) is 2.46. The number of ketones is 1. The number of carbonyl (C=O) groups is 1. The molecule has 0 aromatic heterocycles. The van der Waals surface area contributed by atoms with Gasteiger partial charge in [0.25, 0.3) is 0 Å². The summed E-state index contributed by atoms with van der Waals surface area (Å²) in [5.74, 6) is 0.531. The minimum atomic E-state index is -1.25. The smallest absolute Gasteiger partial charge is 0.174 e. The molecule has 1 heterocycles. The van der Waals surface area contributed by atoms with Gasteiger partial charge in [0.2, 0.25) is 0 Å². The second kappa shape index (κ2) is 4.68. The standard InChI is InChI=1S/C15H14O4S/c1-20-15(18)7-11(17)14-10(16)6-9-4-2-3-5-12(9)19-13(14)8-15/h2-5,7,17-18H,6,8H2,1H3. The zero-order valence-electron chi connectivity index (χ0n) is 10.9. The quantitative estimate of drug-likeness (QED) is 0.777. The van der Waals surface area contributed by atoms with Gasteiger partial charge < -0.3 is 14.9 Å². The van der Waals surface area contributed by atoms with Gasteiger partial charge in [0, 0.05) is 24.5 Å². The van der Waals surface area contributed by atoms with Gasteiger partial charge in [0.15, 0.2) is 5.78 Å². The number of hydrogen-bond donors (Lipinski definition) is 2. The number of aliphatic hydroxyl groups is 2. The number of carbonyl (C=O) groups excluding carboxylic acids is 1. The molecule has 0 bridgehead atoms. The van der Waals surface area contributed by atoms with E-state index in [1.807, 2.05) is 18.2 Å². The summed E-state index contributed by atoms with van der Waals surface area (Å²) in [6.45, 7) is 0. The molecule has 0 radical (unpaired) electrons. The van der Waals surface area contributed by atoms with Gasteiger partial charge in [0.1, 0.15) is 22.2 Å². The Hall–Kier alpha value is -1.72. The number of hydrogen-bond acceptors (Lipinski definition) is 5. The van der Waals surface area contributed by atoms with Gasteiger partial charge in [-0.05, 0) is 12.3 Å². The van der Waals surface area contributed by atoms with Crippen LogP contribution >= 0.6 is 11.8 Å². The molecule has 0 spiro atoms. The van der Waals surface area contributed by atoms with E-state index in [2.05, 4.69) is 0 Å². The number of fused-ring (bicyclic) bond motifs is 1. The van der Waals surface area contributed by atoms with E-state index in [4.69, 9.17) is 4.74 Å². The maximum Gasteiger partial charge on any atom is 0.174 e. The molecule has 1 aromatic rings. The third kappa shape index (κ3) is 2.13. The van der Waals surface area contributed by atoms with Gasteiger partial charge >= 0.3 is 0 Å². The lowest BCUT2D eigenvalue weighted by molar-refractivity contribution is -0.115. The maximum atomic E-state index is 12.3. The minimum absolute atomic E-state index is 0.160. The summed E-state index contributed by atoms with van der Waals surface area (Å²) in [6.07, 6.45) is 3.40. The maximum absolute atomic E-state index is 12.3. The Morgan fingerprint density at radius 2 is 2.10 bits per heavy atom. The number of thioether (sulfide) groups is 1. The summed E-state index contributed by atoms with van der Waals surface area (Å²) in [7, 11) is 0. The largest absolute Gasteiger partial charge is 0.507 e. The van der Waals surface area contributed by atoms with Crippen LogP contribution in [0.1, 0.15) is 12.0 Å². The summed E-state index contributed by atoms with van der Waals surface area (Å²) in [4.78, 5) is 11.0. The molecule has 1 unspecified atom stereocenters. The highest BCUT2D eigenvalue weighted by Gasteiger charge is 2.38. The van der Waals surface area contributed by atoms with Crippen molar-refractivity contribution in [3.63, 3.8) is 0 Å². The van der Waals surface area contributed by atoms with Crippen LogP contribution in [-0.4, -0.2) is 27.2 Å². The van der Waals surface area contributed by atoms with Crippen molar-refractivity contribution in [1.82, 2.24) is 0 Å². The zero-order chi connectivity index (χ0) is 14.3. The molecule has 20 heavy (non-hydrogen) atoms. The Morgan fingerprint density at radius 3 is 2.85 bits per heavy atom. The third-order valence-electron chi connectivity index (χ3n) is 3.50. The van der Waals surface area contributed by atoms with E-state index in [0.717, 1.165) is 5.56 Å². The van der Waals surface area contributed by atoms with Crippen molar-refractivity contribution in [1.29, 1.82) is 0 Å². The van der Waals surface area contributed by atoms with Crippen molar-refractivity contribution < 1.29 is 19.7 Å². The summed E-state index contributed by atoms with van der Waals surface area (Å²) in [6, 6.07) is 7.28. The predicted octanol–water partition coefficient (Wildman–Crippen LogP) is 2.34. The molecule has 2 N–H and O–H groups in total. The van der Waals surface area contributed by atoms with Crippen LogP contribution in [0.25, 0.3) is 0 Å². The number of Topliss-reactive ketones (excluding diaryl/α,β-unsaturated/α-hetero) is 1. The average Bonchev–Trinajstić information content (AvgIpc) is 2.53. The van der Waals surface area contributed by atoms with Gasteiger partial charge in [-0.25, -0.2) is 0 Å². The second-order valence-corrected chi connectivity index (χ2v) is 5.98. The number of aliphatic hydroxyl groups excluding tert-OH is 1. The van der Waals surface area contributed by atoms with E-state index in [9.17, 15) is 15.0 Å². The third-order valence-corrected chi connectivity index (χ3v) is 4.47. The monoisotopic (exact) mass is 290 g/mol. The highest BCUT2D eigenvalue weighted by atomic mass is 32.2. The summed E-state index contributed by atoms with van der Waals surface area (Å²) >= 11 is 1.19. The van der Waals surface area contributed by atoms with Gasteiger partial charge in [-0.3, -0.25) is 4.79 Å². The number of para-hydroxylation sites is 1. The van der Waals surface area contributed by atoms with E-state index in [1.54, 1.807) is 12.3 Å². The molecular formula is C15H14O4S. The molecule has 5 heteroatoms. The van der Waals surface area contributed by atoms with Crippen LogP contribution in [0.4, 0.5) is 0 Å². The van der Waals surface area contributed by atoms with Crippen LogP contribution in [0.2, 0.25) is 0 Å². The molecule has 0 saturated carbocycles. The molecule has 4 nitrogen and oxygen atoms in total. The predicted molar refractivity (Wildman–Crippen MR) is 76.6 cm³/mol. The van der Waals surface area contributed by atoms with Crippen LogP contribution in [-0.2, 0) is 11.2 Å². The first-order chi connectivity index (χ1) is 9.52. The van der Waals surface area contributed by atoms with Crippen molar-refractivity contribution in [3.05, 3.63) is 53.0 Å². The Labute approximate surface area is 120 Å². The van der Waals surface area contributed by atoms with Gasteiger partial charge in [-0.15, -0.1) is 11.8 Å². The second-order valence-electron chi connectivity index (χ2n) is 4.86. The molecule has 3 rings (SSSR count). The number of ether oxygens (including phenoxy) is 1. The van der Waals surface area contributed by atoms with E-state index >= 15 is 0 Å². The topological polar surface area (TPSA) is 66.8 Å². The molecular weight excluding hydrogens is 276 g/mol. The first-order valence-corrected chi connectivity index (χ1v) is 7.47. The Bertz CT molecular complexity index is 647. The molecule has 1 aliphatic heterocycles. The summed E-state index contributed by atoms with van der Waals surface area (Å²) in [5.41, 5.74) is 0.965. The van der Waals surface area contributed by atoms with Crippen LogP contribution in [0, 0.1) is 0 Å². The first-order valence-electron chi connectivity index (χ1n) is 6.24. The van der Waals surface area contributed by atoms with Crippen molar-refractivity contribution >= 4 is 17.5 Å². The number of benzene rings is 1. The summed E-state index contributed by atoms with van der Waals surface area (Å²) < 4.78 is 5.78. The highest BCUT2D eigenvalue weighted by molar-refractivity contribution is 7.99. The van der Waals surface area contributed by atoms with Crippen LogP contribution < -0.4 is 4.74 Å². The first kappa shape index (κ1) is 13.3. The fraction of sp³-hybridized carbons (Fsp3) is 0.267. The van der Waals surface area contributed by atoms with Crippen molar-refractivity contribution in [2.75, 3.05) is 6.26 Å². The Kier molecular flexibility index (Phi) is 3.11. The Balaban J connectivity index is 2.09. The van der Waals surface area contributed by atoms with Crippen molar-refractivity contribution in [2.45, 2.75) is 17.8 Å². The normalized spacial score (nSPS) is 25.3. The van der Waals surface area contributed by atoms with Crippen LogP contribution in [0.5, 0.6) is 5.75 Å². The Morgan fingerprint density at radius 1 is 1.35 bits per heavy atom.